The number of rotatable bonds is 6. The zero-order valence-electron chi connectivity index (χ0n) is 30.6. The molecule has 0 spiro atoms. The molecule has 0 unspecified atom stereocenters. The van der Waals surface area contributed by atoms with Crippen molar-refractivity contribution in [2.24, 2.45) is 0 Å². The number of anilines is 3. The van der Waals surface area contributed by atoms with E-state index in [0.29, 0.717) is 0 Å². The lowest BCUT2D eigenvalue weighted by Gasteiger charge is -2.27. The molecule has 260 valence electrons. The fraction of sp³-hybridized carbons (Fsp3) is 0.100. The Bertz CT molecular complexity index is 2830. The van der Waals surface area contributed by atoms with E-state index in [1.54, 1.807) is 11.3 Å². The summed E-state index contributed by atoms with van der Waals surface area (Å²) in [6, 6.07) is 52.2. The maximum Gasteiger partial charge on any atom is 0.0795 e. The van der Waals surface area contributed by atoms with Crippen LogP contribution in [-0.4, -0.2) is 4.98 Å². The van der Waals surface area contributed by atoms with Crippen LogP contribution in [0.15, 0.2) is 151 Å². The summed E-state index contributed by atoms with van der Waals surface area (Å²) in [5.41, 5.74) is 17.6. The van der Waals surface area contributed by atoms with Crippen molar-refractivity contribution < 1.29 is 0 Å². The van der Waals surface area contributed by atoms with Crippen LogP contribution in [0.1, 0.15) is 38.3 Å². The van der Waals surface area contributed by atoms with E-state index in [-0.39, 0.29) is 0 Å². The molecule has 0 saturated carbocycles. The van der Waals surface area contributed by atoms with Gasteiger partial charge in [-0.2, -0.15) is 0 Å². The van der Waals surface area contributed by atoms with Crippen LogP contribution < -0.4 is 4.90 Å². The second-order valence-electron chi connectivity index (χ2n) is 14.7. The lowest BCUT2D eigenvalue weighted by atomic mass is 9.83. The normalized spacial score (nSPS) is 12.2. The number of pyridine rings is 1. The van der Waals surface area contributed by atoms with E-state index in [9.17, 15) is 0 Å². The van der Waals surface area contributed by atoms with Gasteiger partial charge in [0.2, 0.25) is 0 Å². The molecule has 6 aromatic carbocycles. The topological polar surface area (TPSA) is 16.1 Å². The highest BCUT2D eigenvalue weighted by Gasteiger charge is 2.20. The van der Waals surface area contributed by atoms with Crippen LogP contribution in [0.3, 0.4) is 0 Å². The molecule has 0 atom stereocenters. The lowest BCUT2D eigenvalue weighted by molar-refractivity contribution is 1.01. The third kappa shape index (κ3) is 5.92. The van der Waals surface area contributed by atoms with Crippen molar-refractivity contribution >= 4 is 61.4 Å². The predicted molar refractivity (Wildman–Crippen MR) is 232 cm³/mol. The summed E-state index contributed by atoms with van der Waals surface area (Å²) in [6.45, 7) is 6.49. The zero-order valence-corrected chi connectivity index (χ0v) is 32.2. The SMILES string of the molecule is Cc1cccc(N(c2cccc(C)c2)c2ccc3cc4c(cc3c2)Cc2ccc(-c3ccc(-c5cccs5)c5ncc(-c6ccc(C)s6)cc35)cc2C4)c1. The molecule has 0 amide bonds. The van der Waals surface area contributed by atoms with Gasteiger partial charge in [0.05, 0.1) is 5.52 Å². The number of benzene rings is 6. The van der Waals surface area contributed by atoms with Gasteiger partial charge in [-0.05, 0) is 155 Å². The zero-order chi connectivity index (χ0) is 36.3. The number of aromatic nitrogens is 1. The van der Waals surface area contributed by atoms with Crippen molar-refractivity contribution in [3.05, 3.63) is 189 Å². The Labute approximate surface area is 324 Å². The number of nitrogens with zero attached hydrogens (tertiary/aromatic N) is 2. The first-order chi connectivity index (χ1) is 26.4. The van der Waals surface area contributed by atoms with E-state index in [4.69, 9.17) is 4.98 Å². The maximum absolute atomic E-state index is 5.12. The van der Waals surface area contributed by atoms with E-state index in [0.717, 1.165) is 18.4 Å². The van der Waals surface area contributed by atoms with Gasteiger partial charge in [-0.3, -0.25) is 4.98 Å². The van der Waals surface area contributed by atoms with Gasteiger partial charge in [0, 0.05) is 54.4 Å². The Morgan fingerprint density at radius 1 is 0.519 bits per heavy atom. The third-order valence-corrected chi connectivity index (χ3v) is 12.8. The number of hydrogen-bond acceptors (Lipinski definition) is 4. The molecule has 9 aromatic rings. The molecule has 0 saturated heterocycles. The lowest BCUT2D eigenvalue weighted by Crippen LogP contribution is -2.10. The minimum atomic E-state index is 0.929. The summed E-state index contributed by atoms with van der Waals surface area (Å²) >= 11 is 3.60. The highest BCUT2D eigenvalue weighted by atomic mass is 32.1. The van der Waals surface area contributed by atoms with Crippen LogP contribution >= 0.6 is 22.7 Å². The molecule has 3 aromatic heterocycles. The van der Waals surface area contributed by atoms with Crippen molar-refractivity contribution in [1.29, 1.82) is 0 Å². The molecule has 0 N–H and O–H groups in total. The third-order valence-electron chi connectivity index (χ3n) is 10.9. The number of thiophene rings is 2. The molecule has 0 aliphatic heterocycles. The van der Waals surface area contributed by atoms with Crippen LogP contribution in [-0.2, 0) is 12.8 Å². The van der Waals surface area contributed by atoms with Crippen molar-refractivity contribution in [1.82, 2.24) is 4.98 Å². The van der Waals surface area contributed by atoms with Gasteiger partial charge in [-0.25, -0.2) is 0 Å². The van der Waals surface area contributed by atoms with Crippen molar-refractivity contribution in [3.8, 4) is 32.0 Å². The average molecular weight is 731 g/mol. The fourth-order valence-corrected chi connectivity index (χ4v) is 9.80. The Kier molecular flexibility index (Phi) is 8.05. The van der Waals surface area contributed by atoms with Gasteiger partial charge in [0.25, 0.3) is 0 Å². The molecular weight excluding hydrogens is 693 g/mol. The molecule has 1 aliphatic carbocycles. The molecule has 10 rings (SSSR count). The summed E-state index contributed by atoms with van der Waals surface area (Å²) in [7, 11) is 0. The maximum atomic E-state index is 5.12. The molecule has 0 bridgehead atoms. The molecule has 1 aliphatic rings. The number of fused-ring (bicyclic) bond motifs is 4. The van der Waals surface area contributed by atoms with E-state index in [1.807, 2.05) is 17.5 Å². The Hall–Kier alpha value is -5.81. The molecular formula is C50H38N2S2. The van der Waals surface area contributed by atoms with E-state index in [2.05, 4.69) is 171 Å². The Morgan fingerprint density at radius 2 is 1.24 bits per heavy atom. The fourth-order valence-electron chi connectivity index (χ4n) is 8.20. The minimum Gasteiger partial charge on any atom is -0.310 e. The quantitative estimate of drug-likeness (QED) is 0.169. The summed E-state index contributed by atoms with van der Waals surface area (Å²) in [5.74, 6) is 0. The first-order valence-corrected chi connectivity index (χ1v) is 20.3. The van der Waals surface area contributed by atoms with Gasteiger partial charge < -0.3 is 4.90 Å². The van der Waals surface area contributed by atoms with Gasteiger partial charge >= 0.3 is 0 Å². The average Bonchev–Trinajstić information content (AvgIpc) is 3.88. The highest BCUT2D eigenvalue weighted by Crippen LogP contribution is 2.42. The molecule has 0 radical (unpaired) electrons. The molecule has 54 heavy (non-hydrogen) atoms. The van der Waals surface area contributed by atoms with Crippen molar-refractivity contribution in [3.63, 3.8) is 0 Å². The number of aryl methyl sites for hydroxylation is 3. The van der Waals surface area contributed by atoms with Crippen molar-refractivity contribution in [2.45, 2.75) is 33.6 Å². The van der Waals surface area contributed by atoms with Crippen LogP contribution in [0.25, 0.3) is 53.7 Å². The highest BCUT2D eigenvalue weighted by molar-refractivity contribution is 7.15. The summed E-state index contributed by atoms with van der Waals surface area (Å²) in [4.78, 5) is 11.3. The Morgan fingerprint density at radius 3 is 1.96 bits per heavy atom. The van der Waals surface area contributed by atoms with Crippen LogP contribution in [0.2, 0.25) is 0 Å². The first-order valence-electron chi connectivity index (χ1n) is 18.6. The minimum absolute atomic E-state index is 0.929. The monoisotopic (exact) mass is 730 g/mol. The second-order valence-corrected chi connectivity index (χ2v) is 16.9. The summed E-state index contributed by atoms with van der Waals surface area (Å²) in [5, 5.41) is 5.90. The van der Waals surface area contributed by atoms with Crippen molar-refractivity contribution in [2.75, 3.05) is 4.90 Å². The predicted octanol–water partition coefficient (Wildman–Crippen LogP) is 14.4. The van der Waals surface area contributed by atoms with Crippen LogP contribution in [0.5, 0.6) is 0 Å². The largest absolute Gasteiger partial charge is 0.310 e. The van der Waals surface area contributed by atoms with E-state index >= 15 is 0 Å². The summed E-state index contributed by atoms with van der Waals surface area (Å²) in [6.07, 6.45) is 3.92. The molecule has 4 heteroatoms. The number of hydrogen-bond donors (Lipinski definition) is 0. The van der Waals surface area contributed by atoms with Gasteiger partial charge in [0.1, 0.15) is 0 Å². The smallest absolute Gasteiger partial charge is 0.0795 e. The van der Waals surface area contributed by atoms with Gasteiger partial charge in [-0.1, -0.05) is 78.9 Å². The van der Waals surface area contributed by atoms with Crippen LogP contribution in [0.4, 0.5) is 17.1 Å². The van der Waals surface area contributed by atoms with E-state index in [1.165, 1.54) is 103 Å². The van der Waals surface area contributed by atoms with Gasteiger partial charge in [0.15, 0.2) is 0 Å². The van der Waals surface area contributed by atoms with Crippen LogP contribution in [0, 0.1) is 20.8 Å². The van der Waals surface area contributed by atoms with E-state index < -0.39 is 0 Å². The Balaban J connectivity index is 1.03. The second kappa shape index (κ2) is 13.2. The van der Waals surface area contributed by atoms with Gasteiger partial charge in [-0.15, -0.1) is 22.7 Å². The molecule has 0 fully saturated rings. The molecule has 3 heterocycles. The molecule has 2 nitrogen and oxygen atoms in total. The first kappa shape index (κ1) is 32.8. The standard InChI is InChI=1S/C50H38N2S2/c1-31-7-4-9-42(21-31)52(43-10-5-8-32(2)22-43)44-16-15-35-24-38-26-37-25-36(14-13-34(37)23-39(38)27-40(35)28-44)45-17-18-46(49-11-6-20-53-49)50-47(45)29-41(30-51-50)48-19-12-33(3)54-48/h4-22,24-25,27-30H,23,26H2,1-3H3. The summed E-state index contributed by atoms with van der Waals surface area (Å²) < 4.78 is 0.